The van der Waals surface area contributed by atoms with Crippen LogP contribution in [-0.2, 0) is 14.6 Å². The van der Waals surface area contributed by atoms with Crippen LogP contribution in [-0.4, -0.2) is 32.4 Å². The summed E-state index contributed by atoms with van der Waals surface area (Å²) in [6.07, 6.45) is 0.395. The molecule has 2 rings (SSSR count). The van der Waals surface area contributed by atoms with Crippen LogP contribution in [0.5, 0.6) is 0 Å². The molecule has 2 aromatic rings. The van der Waals surface area contributed by atoms with Crippen LogP contribution in [0.25, 0.3) is 0 Å². The van der Waals surface area contributed by atoms with E-state index in [0.29, 0.717) is 23.6 Å². The van der Waals surface area contributed by atoms with Gasteiger partial charge in [-0.05, 0) is 42.8 Å². The molecule has 128 valence electrons. The number of nitrogens with one attached hydrogen (secondary N) is 1. The van der Waals surface area contributed by atoms with E-state index in [1.165, 1.54) is 11.8 Å². The van der Waals surface area contributed by atoms with Crippen LogP contribution >= 0.6 is 27.7 Å². The second-order valence-corrected chi connectivity index (χ2v) is 9.15. The van der Waals surface area contributed by atoms with Gasteiger partial charge in [-0.15, -0.1) is 11.8 Å². The SMILES string of the molecule is O=C(CSc1ccc(Br)cc1)NCCCS(=O)(=O)c1ccccc1. The Hall–Kier alpha value is -1.31. The van der Waals surface area contributed by atoms with Crippen molar-refractivity contribution in [2.45, 2.75) is 16.2 Å². The number of carbonyl (C=O) groups excluding carboxylic acids is 1. The number of hydrogen-bond donors (Lipinski definition) is 1. The molecule has 7 heteroatoms. The van der Waals surface area contributed by atoms with Crippen LogP contribution in [0.2, 0.25) is 0 Å². The number of thioether (sulfide) groups is 1. The van der Waals surface area contributed by atoms with Gasteiger partial charge in [0.15, 0.2) is 9.84 Å². The molecule has 0 saturated heterocycles. The van der Waals surface area contributed by atoms with E-state index >= 15 is 0 Å². The lowest BCUT2D eigenvalue weighted by atomic mass is 10.4. The van der Waals surface area contributed by atoms with Crippen molar-refractivity contribution in [1.29, 1.82) is 0 Å². The Morgan fingerprint density at radius 1 is 1.04 bits per heavy atom. The second kappa shape index (κ2) is 9.25. The minimum Gasteiger partial charge on any atom is -0.355 e. The van der Waals surface area contributed by atoms with Crippen LogP contribution in [0.3, 0.4) is 0 Å². The predicted octanol–water partition coefficient (Wildman–Crippen LogP) is 3.52. The van der Waals surface area contributed by atoms with Gasteiger partial charge in [0.25, 0.3) is 0 Å². The van der Waals surface area contributed by atoms with Gasteiger partial charge >= 0.3 is 0 Å². The van der Waals surface area contributed by atoms with Crippen molar-refractivity contribution in [2.24, 2.45) is 0 Å². The van der Waals surface area contributed by atoms with E-state index < -0.39 is 9.84 Å². The molecule has 1 amide bonds. The van der Waals surface area contributed by atoms with Gasteiger partial charge in [-0.2, -0.15) is 0 Å². The van der Waals surface area contributed by atoms with E-state index in [1.54, 1.807) is 30.3 Å². The van der Waals surface area contributed by atoms with Crippen LogP contribution in [0.15, 0.2) is 68.9 Å². The number of amides is 1. The van der Waals surface area contributed by atoms with Crippen molar-refractivity contribution in [3.63, 3.8) is 0 Å². The van der Waals surface area contributed by atoms with E-state index in [0.717, 1.165) is 9.37 Å². The minimum atomic E-state index is -3.28. The molecule has 0 aliphatic carbocycles. The lowest BCUT2D eigenvalue weighted by Gasteiger charge is -2.06. The first-order valence-corrected chi connectivity index (χ1v) is 10.8. The molecule has 1 N–H and O–H groups in total. The molecule has 0 saturated carbocycles. The van der Waals surface area contributed by atoms with E-state index in [2.05, 4.69) is 21.2 Å². The van der Waals surface area contributed by atoms with Crippen molar-refractivity contribution < 1.29 is 13.2 Å². The maximum absolute atomic E-state index is 12.1. The molecular weight excluding hydrogens is 410 g/mol. The van der Waals surface area contributed by atoms with Crippen molar-refractivity contribution >= 4 is 43.4 Å². The summed E-state index contributed by atoms with van der Waals surface area (Å²) in [5.41, 5.74) is 0. The molecule has 0 unspecified atom stereocenters. The van der Waals surface area contributed by atoms with Crippen LogP contribution in [0.4, 0.5) is 0 Å². The van der Waals surface area contributed by atoms with Crippen molar-refractivity contribution in [1.82, 2.24) is 5.32 Å². The number of rotatable bonds is 8. The molecule has 0 aliphatic heterocycles. The molecule has 0 bridgehead atoms. The fraction of sp³-hybridized carbons (Fsp3) is 0.235. The van der Waals surface area contributed by atoms with Gasteiger partial charge in [-0.1, -0.05) is 34.1 Å². The Morgan fingerprint density at radius 3 is 2.38 bits per heavy atom. The first kappa shape index (κ1) is 19.0. The first-order valence-electron chi connectivity index (χ1n) is 7.40. The van der Waals surface area contributed by atoms with Gasteiger partial charge in [0.05, 0.1) is 16.4 Å². The fourth-order valence-corrected chi connectivity index (χ4v) is 4.29. The summed E-state index contributed by atoms with van der Waals surface area (Å²) in [4.78, 5) is 13.1. The molecule has 2 aromatic carbocycles. The fourth-order valence-electron chi connectivity index (χ4n) is 1.97. The summed E-state index contributed by atoms with van der Waals surface area (Å²) in [5, 5.41) is 2.75. The lowest BCUT2D eigenvalue weighted by molar-refractivity contribution is -0.118. The Labute approximate surface area is 155 Å². The molecule has 0 aliphatic rings. The average molecular weight is 428 g/mol. The van der Waals surface area contributed by atoms with Gasteiger partial charge in [0.1, 0.15) is 0 Å². The lowest BCUT2D eigenvalue weighted by Crippen LogP contribution is -2.27. The maximum Gasteiger partial charge on any atom is 0.230 e. The first-order chi connectivity index (χ1) is 11.5. The quantitative estimate of drug-likeness (QED) is 0.516. The van der Waals surface area contributed by atoms with E-state index in [4.69, 9.17) is 0 Å². The summed E-state index contributed by atoms with van der Waals surface area (Å²) in [6.45, 7) is 0.353. The molecular formula is C17H18BrNO3S2. The third-order valence-corrected chi connectivity index (χ3v) is 6.56. The van der Waals surface area contributed by atoms with Crippen molar-refractivity contribution in [2.75, 3.05) is 18.1 Å². The molecule has 0 radical (unpaired) electrons. The summed E-state index contributed by atoms with van der Waals surface area (Å²) >= 11 is 4.81. The number of carbonyl (C=O) groups is 1. The average Bonchev–Trinajstić information content (AvgIpc) is 2.59. The summed E-state index contributed by atoms with van der Waals surface area (Å²) in [7, 11) is -3.28. The largest absolute Gasteiger partial charge is 0.355 e. The zero-order valence-corrected chi connectivity index (χ0v) is 16.2. The number of halogens is 1. The summed E-state index contributed by atoms with van der Waals surface area (Å²) in [5.74, 6) is 0.240. The third kappa shape index (κ3) is 6.30. The highest BCUT2D eigenvalue weighted by Gasteiger charge is 2.13. The minimum absolute atomic E-state index is 0.0249. The summed E-state index contributed by atoms with van der Waals surface area (Å²) in [6, 6.07) is 16.1. The van der Waals surface area contributed by atoms with E-state index in [9.17, 15) is 13.2 Å². The smallest absolute Gasteiger partial charge is 0.230 e. The number of sulfone groups is 1. The van der Waals surface area contributed by atoms with Crippen LogP contribution in [0.1, 0.15) is 6.42 Å². The highest BCUT2D eigenvalue weighted by atomic mass is 79.9. The predicted molar refractivity (Wildman–Crippen MR) is 101 cm³/mol. The Morgan fingerprint density at radius 2 is 1.71 bits per heavy atom. The molecule has 0 spiro atoms. The van der Waals surface area contributed by atoms with Gasteiger partial charge in [-0.3, -0.25) is 4.79 Å². The molecule has 0 heterocycles. The highest BCUT2D eigenvalue weighted by molar-refractivity contribution is 9.10. The Kier molecular flexibility index (Phi) is 7.33. The zero-order valence-electron chi connectivity index (χ0n) is 12.9. The van der Waals surface area contributed by atoms with Gasteiger partial charge in [-0.25, -0.2) is 8.42 Å². The monoisotopic (exact) mass is 427 g/mol. The van der Waals surface area contributed by atoms with Crippen molar-refractivity contribution in [3.05, 3.63) is 59.1 Å². The summed E-state index contributed by atoms with van der Waals surface area (Å²) < 4.78 is 25.2. The zero-order chi connectivity index (χ0) is 17.4. The Bertz CT molecular complexity index is 762. The maximum atomic E-state index is 12.1. The third-order valence-electron chi connectivity index (χ3n) is 3.20. The van der Waals surface area contributed by atoms with E-state index in [1.807, 2.05) is 24.3 Å². The Balaban J connectivity index is 1.68. The van der Waals surface area contributed by atoms with Gasteiger partial charge < -0.3 is 5.32 Å². The second-order valence-electron chi connectivity index (χ2n) is 5.08. The number of benzene rings is 2. The number of hydrogen-bond acceptors (Lipinski definition) is 4. The standard InChI is InChI=1S/C17H18BrNO3S2/c18-14-7-9-15(10-8-14)23-13-17(20)19-11-4-12-24(21,22)16-5-2-1-3-6-16/h1-3,5-10H,4,11-13H2,(H,19,20). The van der Waals surface area contributed by atoms with E-state index in [-0.39, 0.29) is 11.7 Å². The molecule has 0 atom stereocenters. The van der Waals surface area contributed by atoms with Crippen LogP contribution < -0.4 is 5.32 Å². The van der Waals surface area contributed by atoms with Gasteiger partial charge in [0.2, 0.25) is 5.91 Å². The van der Waals surface area contributed by atoms with Crippen molar-refractivity contribution in [3.8, 4) is 0 Å². The topological polar surface area (TPSA) is 63.2 Å². The molecule has 24 heavy (non-hydrogen) atoms. The highest BCUT2D eigenvalue weighted by Crippen LogP contribution is 2.20. The van der Waals surface area contributed by atoms with Gasteiger partial charge in [0, 0.05) is 15.9 Å². The van der Waals surface area contributed by atoms with Crippen LogP contribution in [0, 0.1) is 0 Å². The molecule has 4 nitrogen and oxygen atoms in total. The normalized spacial score (nSPS) is 11.2. The molecule has 0 aromatic heterocycles. The molecule has 0 fully saturated rings.